The fourth-order valence-corrected chi connectivity index (χ4v) is 3.51. The minimum absolute atomic E-state index is 0.616. The number of rotatable bonds is 6. The minimum Gasteiger partial charge on any atom is -0.497 e. The summed E-state index contributed by atoms with van der Waals surface area (Å²) in [5.74, 6) is 1.42. The van der Waals surface area contributed by atoms with Crippen molar-refractivity contribution in [2.75, 3.05) is 20.8 Å². The van der Waals surface area contributed by atoms with Crippen LogP contribution in [0.3, 0.4) is 0 Å². The van der Waals surface area contributed by atoms with Gasteiger partial charge in [-0.05, 0) is 36.8 Å². The number of benzene rings is 2. The minimum atomic E-state index is 0.616. The molecule has 1 aromatic heterocycles. The molecule has 0 aliphatic heterocycles. The lowest BCUT2D eigenvalue weighted by Gasteiger charge is -2.10. The van der Waals surface area contributed by atoms with Crippen LogP contribution in [-0.2, 0) is 0 Å². The van der Waals surface area contributed by atoms with Gasteiger partial charge in [0, 0.05) is 23.6 Å². The second kappa shape index (κ2) is 9.02. The van der Waals surface area contributed by atoms with Crippen molar-refractivity contribution in [2.45, 2.75) is 6.92 Å². The Bertz CT molecular complexity index is 1090. The van der Waals surface area contributed by atoms with Crippen LogP contribution in [0.1, 0.15) is 18.1 Å². The molecule has 28 heavy (non-hydrogen) atoms. The second-order valence-corrected chi connectivity index (χ2v) is 6.57. The Kier molecular flexibility index (Phi) is 6.25. The van der Waals surface area contributed by atoms with Crippen molar-refractivity contribution in [3.63, 3.8) is 0 Å². The largest absolute Gasteiger partial charge is 0.497 e. The van der Waals surface area contributed by atoms with Gasteiger partial charge in [-0.2, -0.15) is 10.4 Å². The van der Waals surface area contributed by atoms with Crippen LogP contribution in [0.2, 0.25) is 0 Å². The molecule has 0 saturated heterocycles. The Hall–Kier alpha value is -3.37. The van der Waals surface area contributed by atoms with Gasteiger partial charge in [0.2, 0.25) is 4.80 Å². The summed E-state index contributed by atoms with van der Waals surface area (Å²) < 4.78 is 12.6. The van der Waals surface area contributed by atoms with E-state index in [0.29, 0.717) is 17.9 Å². The zero-order valence-corrected chi connectivity index (χ0v) is 16.7. The summed E-state index contributed by atoms with van der Waals surface area (Å²) in [7, 11) is 3.26. The van der Waals surface area contributed by atoms with E-state index >= 15 is 0 Å². The van der Waals surface area contributed by atoms with E-state index in [1.807, 2.05) is 42.6 Å². The Balaban J connectivity index is 2.08. The molecule has 0 unspecified atom stereocenters. The third-order valence-electron chi connectivity index (χ3n) is 4.03. The normalized spacial score (nSPS) is 11.6. The molecular formula is C21H20N4O2S. The summed E-state index contributed by atoms with van der Waals surface area (Å²) in [5, 5.41) is 15.6. The van der Waals surface area contributed by atoms with Crippen molar-refractivity contribution in [3.05, 3.63) is 63.8 Å². The number of thiazole rings is 1. The van der Waals surface area contributed by atoms with E-state index in [0.717, 1.165) is 27.4 Å². The molecule has 0 bridgehead atoms. The monoisotopic (exact) mass is 392 g/mol. The topological polar surface area (TPSA) is 71.9 Å². The summed E-state index contributed by atoms with van der Waals surface area (Å²) in [6.07, 6.45) is 1.75. The average molecular weight is 392 g/mol. The Morgan fingerprint density at radius 3 is 2.57 bits per heavy atom. The van der Waals surface area contributed by atoms with Crippen LogP contribution in [0.25, 0.3) is 11.3 Å². The second-order valence-electron chi connectivity index (χ2n) is 5.73. The van der Waals surface area contributed by atoms with E-state index in [1.165, 1.54) is 11.3 Å². The molecule has 2 aromatic carbocycles. The van der Waals surface area contributed by atoms with Crippen LogP contribution < -0.4 is 14.3 Å². The molecule has 0 aliphatic carbocycles. The van der Waals surface area contributed by atoms with Gasteiger partial charge in [-0.3, -0.25) is 4.99 Å². The van der Waals surface area contributed by atoms with Crippen molar-refractivity contribution in [2.24, 2.45) is 10.1 Å². The maximum atomic E-state index is 8.93. The maximum absolute atomic E-state index is 8.93. The first-order chi connectivity index (χ1) is 13.7. The Morgan fingerprint density at radius 2 is 1.93 bits per heavy atom. The zero-order valence-electron chi connectivity index (χ0n) is 15.9. The molecule has 0 N–H and O–H groups in total. The van der Waals surface area contributed by atoms with Gasteiger partial charge >= 0.3 is 0 Å². The van der Waals surface area contributed by atoms with Gasteiger partial charge in [-0.25, -0.2) is 4.68 Å². The van der Waals surface area contributed by atoms with Gasteiger partial charge < -0.3 is 9.47 Å². The van der Waals surface area contributed by atoms with E-state index < -0.39 is 0 Å². The van der Waals surface area contributed by atoms with E-state index in [9.17, 15) is 0 Å². The lowest BCUT2D eigenvalue weighted by atomic mass is 10.1. The highest BCUT2D eigenvalue weighted by molar-refractivity contribution is 7.07. The van der Waals surface area contributed by atoms with Gasteiger partial charge in [-0.1, -0.05) is 12.1 Å². The van der Waals surface area contributed by atoms with Crippen LogP contribution >= 0.6 is 11.3 Å². The number of nitriles is 1. The summed E-state index contributed by atoms with van der Waals surface area (Å²) in [6, 6.07) is 15.1. The van der Waals surface area contributed by atoms with Gasteiger partial charge in [0.25, 0.3) is 0 Å². The molecule has 0 saturated carbocycles. The molecule has 3 aromatic rings. The number of nitrogens with zero attached hydrogens (tertiary/aromatic N) is 4. The standard InChI is InChI=1S/C21H20N4O2S/c1-4-23-21-25(24-13-16-7-5-15(12-22)6-8-16)19(14-28-21)18-10-9-17(26-2)11-20(18)27-3/h5-11,13-14H,4H2,1-3H3/b23-21?,24-13-. The molecule has 0 atom stereocenters. The fourth-order valence-electron chi connectivity index (χ4n) is 2.62. The summed E-state index contributed by atoms with van der Waals surface area (Å²) in [6.45, 7) is 2.65. The number of ether oxygens (including phenoxy) is 2. The highest BCUT2D eigenvalue weighted by Crippen LogP contribution is 2.33. The SMILES string of the molecule is CCN=c1scc(-c2ccc(OC)cc2OC)n1/N=C\c1ccc(C#N)cc1. The van der Waals surface area contributed by atoms with E-state index in [1.54, 1.807) is 37.2 Å². The van der Waals surface area contributed by atoms with Gasteiger partial charge in [0.15, 0.2) is 0 Å². The van der Waals surface area contributed by atoms with Gasteiger partial charge in [-0.15, -0.1) is 11.3 Å². The number of methoxy groups -OCH3 is 2. The van der Waals surface area contributed by atoms with E-state index in [2.05, 4.69) is 16.2 Å². The lowest BCUT2D eigenvalue weighted by molar-refractivity contribution is 0.395. The van der Waals surface area contributed by atoms with E-state index in [4.69, 9.17) is 14.7 Å². The molecule has 6 nitrogen and oxygen atoms in total. The summed E-state index contributed by atoms with van der Waals surface area (Å²) in [4.78, 5) is 5.33. The van der Waals surface area contributed by atoms with Crippen molar-refractivity contribution in [3.8, 4) is 28.8 Å². The average Bonchev–Trinajstić information content (AvgIpc) is 3.14. The van der Waals surface area contributed by atoms with Crippen molar-refractivity contribution >= 4 is 17.6 Å². The fraction of sp³-hybridized carbons (Fsp3) is 0.190. The summed E-state index contributed by atoms with van der Waals surface area (Å²) in [5.41, 5.74) is 3.29. The Labute approximate surface area is 167 Å². The van der Waals surface area contributed by atoms with Gasteiger partial charge in [0.1, 0.15) is 11.5 Å². The van der Waals surface area contributed by atoms with Crippen LogP contribution in [0.5, 0.6) is 11.5 Å². The molecule has 1 heterocycles. The first-order valence-electron chi connectivity index (χ1n) is 8.68. The number of aromatic nitrogens is 1. The molecule has 0 aliphatic rings. The Morgan fingerprint density at radius 1 is 1.14 bits per heavy atom. The first kappa shape index (κ1) is 19.4. The van der Waals surface area contributed by atoms with Crippen LogP contribution in [0.4, 0.5) is 0 Å². The molecule has 3 rings (SSSR count). The predicted octanol–water partition coefficient (Wildman–Crippen LogP) is 3.91. The van der Waals surface area contributed by atoms with Crippen molar-refractivity contribution in [1.82, 2.24) is 4.68 Å². The van der Waals surface area contributed by atoms with Crippen molar-refractivity contribution in [1.29, 1.82) is 5.26 Å². The first-order valence-corrected chi connectivity index (χ1v) is 9.56. The molecule has 142 valence electrons. The predicted molar refractivity (Wildman–Crippen MR) is 111 cm³/mol. The van der Waals surface area contributed by atoms with E-state index in [-0.39, 0.29) is 0 Å². The quantitative estimate of drug-likeness (QED) is 0.597. The summed E-state index contributed by atoms with van der Waals surface area (Å²) >= 11 is 1.52. The lowest BCUT2D eigenvalue weighted by Crippen LogP contribution is -2.12. The highest BCUT2D eigenvalue weighted by atomic mass is 32.1. The third kappa shape index (κ3) is 4.13. The highest BCUT2D eigenvalue weighted by Gasteiger charge is 2.13. The molecule has 0 fully saturated rings. The smallest absolute Gasteiger partial charge is 0.206 e. The van der Waals surface area contributed by atoms with Crippen molar-refractivity contribution < 1.29 is 9.47 Å². The maximum Gasteiger partial charge on any atom is 0.206 e. The van der Waals surface area contributed by atoms with Crippen LogP contribution in [0.15, 0.2) is 57.9 Å². The zero-order chi connectivity index (χ0) is 19.9. The molecule has 0 spiro atoms. The number of hydrogen-bond donors (Lipinski definition) is 0. The molecule has 0 amide bonds. The van der Waals surface area contributed by atoms with Crippen LogP contribution in [0, 0.1) is 11.3 Å². The molecule has 0 radical (unpaired) electrons. The molecular weight excluding hydrogens is 372 g/mol. The molecule has 7 heteroatoms. The number of hydrogen-bond acceptors (Lipinski definition) is 6. The van der Waals surface area contributed by atoms with Gasteiger partial charge in [0.05, 0.1) is 37.8 Å². The third-order valence-corrected chi connectivity index (χ3v) is 4.88. The van der Waals surface area contributed by atoms with Crippen LogP contribution in [-0.4, -0.2) is 31.7 Å².